The highest BCUT2D eigenvalue weighted by molar-refractivity contribution is 5.77. The van der Waals surface area contributed by atoms with Crippen molar-refractivity contribution in [2.45, 2.75) is 39.0 Å². The summed E-state index contributed by atoms with van der Waals surface area (Å²) in [5.41, 5.74) is 4.61. The van der Waals surface area contributed by atoms with Crippen LogP contribution in [0.15, 0.2) is 72.8 Å². The average molecular weight is 327 g/mol. The predicted octanol–water partition coefficient (Wildman–Crippen LogP) is 6.79. The van der Waals surface area contributed by atoms with E-state index in [4.69, 9.17) is 0 Å². The molecule has 0 bridgehead atoms. The second-order valence-corrected chi connectivity index (χ2v) is 6.87. The molecule has 1 heteroatoms. The van der Waals surface area contributed by atoms with E-state index in [1.807, 2.05) is 6.07 Å². The van der Waals surface area contributed by atoms with Gasteiger partial charge >= 0.3 is 0 Å². The Labute approximate surface area is 151 Å². The second-order valence-electron chi connectivity index (χ2n) is 6.87. The van der Waals surface area contributed by atoms with Gasteiger partial charge in [0.25, 0.3) is 0 Å². The Hall–Kier alpha value is -2.59. The Bertz CT molecular complexity index is 790. The second kappa shape index (κ2) is 7.99. The minimum absolute atomic E-state index is 0.303. The van der Waals surface area contributed by atoms with Crippen LogP contribution in [0.2, 0.25) is 0 Å². The Morgan fingerprint density at radius 3 is 2.20 bits per heavy atom. The van der Waals surface area contributed by atoms with Crippen molar-refractivity contribution in [1.29, 1.82) is 5.26 Å². The van der Waals surface area contributed by atoms with Crippen LogP contribution in [-0.2, 0) is 0 Å². The molecule has 0 radical (unpaired) electrons. The van der Waals surface area contributed by atoms with Gasteiger partial charge in [0, 0.05) is 0 Å². The number of nitrogens with zero attached hydrogens (tertiary/aromatic N) is 1. The van der Waals surface area contributed by atoms with Crippen molar-refractivity contribution in [2.75, 3.05) is 0 Å². The van der Waals surface area contributed by atoms with Gasteiger partial charge in [-0.2, -0.15) is 5.26 Å². The molecular formula is C24H25N. The summed E-state index contributed by atoms with van der Waals surface area (Å²) in [6, 6.07) is 21.7. The van der Waals surface area contributed by atoms with Crippen molar-refractivity contribution in [3.63, 3.8) is 0 Å². The highest BCUT2D eigenvalue weighted by atomic mass is 14.4. The third-order valence-electron chi connectivity index (χ3n) is 5.04. The van der Waals surface area contributed by atoms with Gasteiger partial charge in [0.15, 0.2) is 0 Å². The molecule has 25 heavy (non-hydrogen) atoms. The summed E-state index contributed by atoms with van der Waals surface area (Å²) >= 11 is 0. The van der Waals surface area contributed by atoms with Gasteiger partial charge in [-0.05, 0) is 35.1 Å². The predicted molar refractivity (Wildman–Crippen MR) is 106 cm³/mol. The first-order chi connectivity index (χ1) is 12.3. The van der Waals surface area contributed by atoms with E-state index < -0.39 is 0 Å². The summed E-state index contributed by atoms with van der Waals surface area (Å²) in [4.78, 5) is 0. The summed E-state index contributed by atoms with van der Waals surface area (Å²) in [6.07, 6.45) is 11.8. The molecule has 1 aliphatic rings. The number of rotatable bonds is 6. The van der Waals surface area contributed by atoms with Crippen molar-refractivity contribution in [1.82, 2.24) is 0 Å². The first kappa shape index (κ1) is 17.2. The monoisotopic (exact) mass is 327 g/mol. The standard InChI is InChI=1S/C24H25N/c1-2-3-7-16-24(19-25)17-14-23(15-18-24)22-12-10-21(11-13-22)20-8-5-4-6-9-20/h4-6,8-15,17H,2-3,7,16,18H2,1H3. The number of benzene rings is 2. The third kappa shape index (κ3) is 4.09. The van der Waals surface area contributed by atoms with Crippen molar-refractivity contribution >= 4 is 5.57 Å². The minimum Gasteiger partial charge on any atom is -0.197 e. The largest absolute Gasteiger partial charge is 0.197 e. The Kier molecular flexibility index (Phi) is 5.51. The van der Waals surface area contributed by atoms with Gasteiger partial charge in [-0.15, -0.1) is 0 Å². The van der Waals surface area contributed by atoms with Gasteiger partial charge in [-0.3, -0.25) is 0 Å². The SMILES string of the molecule is CCCCCC1(C#N)C=CC(c2ccc(-c3ccccc3)cc2)=CC1. The van der Waals surface area contributed by atoms with Gasteiger partial charge in [0.1, 0.15) is 0 Å². The van der Waals surface area contributed by atoms with E-state index in [-0.39, 0.29) is 5.41 Å². The Balaban J connectivity index is 1.72. The molecule has 0 amide bonds. The lowest BCUT2D eigenvalue weighted by atomic mass is 9.76. The fourth-order valence-corrected chi connectivity index (χ4v) is 3.39. The molecule has 0 aliphatic heterocycles. The molecule has 0 spiro atoms. The van der Waals surface area contributed by atoms with Gasteiger partial charge in [-0.1, -0.05) is 99.0 Å². The van der Waals surface area contributed by atoms with Crippen LogP contribution in [0.25, 0.3) is 16.7 Å². The lowest BCUT2D eigenvalue weighted by molar-refractivity contribution is 0.439. The molecule has 2 aromatic rings. The summed E-state index contributed by atoms with van der Waals surface area (Å²) < 4.78 is 0. The molecule has 2 aromatic carbocycles. The Morgan fingerprint density at radius 2 is 1.60 bits per heavy atom. The molecule has 1 atom stereocenters. The molecule has 0 fully saturated rings. The molecule has 0 N–H and O–H groups in total. The van der Waals surface area contributed by atoms with E-state index in [1.54, 1.807) is 0 Å². The normalized spacial score (nSPS) is 19.3. The number of hydrogen-bond donors (Lipinski definition) is 0. The van der Waals surface area contributed by atoms with E-state index in [9.17, 15) is 5.26 Å². The number of nitriles is 1. The van der Waals surface area contributed by atoms with E-state index in [1.165, 1.54) is 35.1 Å². The van der Waals surface area contributed by atoms with Crippen LogP contribution >= 0.6 is 0 Å². The van der Waals surface area contributed by atoms with Gasteiger partial charge in [0.05, 0.1) is 11.5 Å². The number of hydrogen-bond acceptors (Lipinski definition) is 1. The van der Waals surface area contributed by atoms with E-state index in [0.29, 0.717) is 0 Å². The van der Waals surface area contributed by atoms with Crippen LogP contribution in [0, 0.1) is 16.7 Å². The minimum atomic E-state index is -0.303. The summed E-state index contributed by atoms with van der Waals surface area (Å²) in [5, 5.41) is 9.63. The van der Waals surface area contributed by atoms with E-state index >= 15 is 0 Å². The quantitative estimate of drug-likeness (QED) is 0.536. The maximum atomic E-state index is 9.63. The van der Waals surface area contributed by atoms with Crippen molar-refractivity contribution in [3.8, 4) is 17.2 Å². The maximum Gasteiger partial charge on any atom is 0.0791 e. The molecular weight excluding hydrogens is 302 g/mol. The molecule has 1 unspecified atom stereocenters. The van der Waals surface area contributed by atoms with Crippen LogP contribution in [0.4, 0.5) is 0 Å². The zero-order chi connectivity index (χ0) is 17.5. The van der Waals surface area contributed by atoms with E-state index in [0.717, 1.165) is 19.3 Å². The molecule has 0 heterocycles. The van der Waals surface area contributed by atoms with Crippen molar-refractivity contribution in [2.24, 2.45) is 5.41 Å². The van der Waals surface area contributed by atoms with Crippen LogP contribution in [-0.4, -0.2) is 0 Å². The molecule has 0 saturated carbocycles. The van der Waals surface area contributed by atoms with Crippen LogP contribution in [0.5, 0.6) is 0 Å². The highest BCUT2D eigenvalue weighted by Gasteiger charge is 2.27. The van der Waals surface area contributed by atoms with Crippen molar-refractivity contribution < 1.29 is 0 Å². The molecule has 0 saturated heterocycles. The molecule has 0 aromatic heterocycles. The van der Waals surface area contributed by atoms with Gasteiger partial charge in [0.2, 0.25) is 0 Å². The average Bonchev–Trinajstić information content (AvgIpc) is 2.69. The van der Waals surface area contributed by atoms with E-state index in [2.05, 4.69) is 79.8 Å². The smallest absolute Gasteiger partial charge is 0.0791 e. The Morgan fingerprint density at radius 1 is 0.920 bits per heavy atom. The fourth-order valence-electron chi connectivity index (χ4n) is 3.39. The zero-order valence-corrected chi connectivity index (χ0v) is 14.9. The third-order valence-corrected chi connectivity index (χ3v) is 5.04. The topological polar surface area (TPSA) is 23.8 Å². The van der Waals surface area contributed by atoms with Crippen LogP contribution in [0.3, 0.4) is 0 Å². The molecule has 1 aliphatic carbocycles. The number of unbranched alkanes of at least 4 members (excludes halogenated alkanes) is 2. The lowest BCUT2D eigenvalue weighted by Crippen LogP contribution is -2.16. The van der Waals surface area contributed by atoms with Gasteiger partial charge < -0.3 is 0 Å². The summed E-state index contributed by atoms with van der Waals surface area (Å²) in [6.45, 7) is 2.20. The summed E-state index contributed by atoms with van der Waals surface area (Å²) in [5.74, 6) is 0. The molecule has 3 rings (SSSR count). The van der Waals surface area contributed by atoms with Crippen molar-refractivity contribution in [3.05, 3.63) is 78.4 Å². The van der Waals surface area contributed by atoms with Crippen LogP contribution < -0.4 is 0 Å². The lowest BCUT2D eigenvalue weighted by Gasteiger charge is -2.25. The zero-order valence-electron chi connectivity index (χ0n) is 14.9. The maximum absolute atomic E-state index is 9.63. The summed E-state index contributed by atoms with van der Waals surface area (Å²) in [7, 11) is 0. The number of allylic oxidation sites excluding steroid dienone is 4. The van der Waals surface area contributed by atoms with Gasteiger partial charge in [-0.25, -0.2) is 0 Å². The molecule has 126 valence electrons. The first-order valence-electron chi connectivity index (χ1n) is 9.23. The van der Waals surface area contributed by atoms with Crippen LogP contribution in [0.1, 0.15) is 44.6 Å². The molecule has 1 nitrogen and oxygen atoms in total. The highest BCUT2D eigenvalue weighted by Crippen LogP contribution is 2.37. The fraction of sp³-hybridized carbons (Fsp3) is 0.292. The first-order valence-corrected chi connectivity index (χ1v) is 9.23.